The zero-order valence-corrected chi connectivity index (χ0v) is 12.1. The lowest BCUT2D eigenvalue weighted by molar-refractivity contribution is -0.136. The fourth-order valence-electron chi connectivity index (χ4n) is 1.85. The van der Waals surface area contributed by atoms with E-state index in [0.29, 0.717) is 5.75 Å². The maximum absolute atomic E-state index is 11.7. The molecule has 0 fully saturated rings. The monoisotopic (exact) mass is 300 g/mol. The molecule has 0 saturated heterocycles. The van der Waals surface area contributed by atoms with Crippen LogP contribution in [0.15, 0.2) is 48.5 Å². The van der Waals surface area contributed by atoms with Crippen molar-refractivity contribution in [1.82, 2.24) is 0 Å². The number of rotatable bonds is 6. The predicted octanol–water partition coefficient (Wildman–Crippen LogP) is 2.93. The van der Waals surface area contributed by atoms with E-state index in [9.17, 15) is 9.59 Å². The van der Waals surface area contributed by atoms with Gasteiger partial charge in [0, 0.05) is 0 Å². The van der Waals surface area contributed by atoms with Gasteiger partial charge in [0.2, 0.25) is 0 Å². The van der Waals surface area contributed by atoms with Crippen LogP contribution in [0, 0.1) is 0 Å². The van der Waals surface area contributed by atoms with Crippen molar-refractivity contribution in [3.8, 4) is 11.5 Å². The first kappa shape index (κ1) is 15.6. The topological polar surface area (TPSA) is 72.8 Å². The minimum atomic E-state index is -1.15. The number of aromatic carboxylic acids is 1. The van der Waals surface area contributed by atoms with E-state index in [1.807, 2.05) is 19.1 Å². The molecular formula is C17H16O5. The van der Waals surface area contributed by atoms with Crippen LogP contribution in [0.25, 0.3) is 0 Å². The first-order chi connectivity index (χ1) is 10.6. The molecule has 0 heterocycles. The number of ether oxygens (including phenoxy) is 2. The van der Waals surface area contributed by atoms with Gasteiger partial charge in [-0.1, -0.05) is 31.2 Å². The lowest BCUT2D eigenvalue weighted by Crippen LogP contribution is -2.19. The second kappa shape index (κ2) is 7.26. The van der Waals surface area contributed by atoms with Crippen LogP contribution in [-0.4, -0.2) is 23.7 Å². The summed E-state index contributed by atoms with van der Waals surface area (Å²) in [7, 11) is 0. The van der Waals surface area contributed by atoms with Gasteiger partial charge in [-0.05, 0) is 36.2 Å². The van der Waals surface area contributed by atoms with E-state index in [2.05, 4.69) is 0 Å². The van der Waals surface area contributed by atoms with E-state index in [0.717, 1.165) is 6.42 Å². The summed E-state index contributed by atoms with van der Waals surface area (Å²) in [6.45, 7) is 1.76. The molecule has 5 nitrogen and oxygen atoms in total. The zero-order valence-electron chi connectivity index (χ0n) is 12.1. The molecule has 22 heavy (non-hydrogen) atoms. The average molecular weight is 300 g/mol. The lowest BCUT2D eigenvalue weighted by Gasteiger charge is -2.09. The molecule has 0 saturated carbocycles. The number of carboxylic acid groups (broad SMARTS) is 1. The normalized spacial score (nSPS) is 10.0. The third kappa shape index (κ3) is 4.09. The smallest absolute Gasteiger partial charge is 0.349 e. The van der Waals surface area contributed by atoms with E-state index >= 15 is 0 Å². The summed E-state index contributed by atoms with van der Waals surface area (Å²) in [5.41, 5.74) is 1.11. The van der Waals surface area contributed by atoms with E-state index < -0.39 is 11.9 Å². The molecule has 0 aliphatic carbocycles. The van der Waals surface area contributed by atoms with Crippen LogP contribution in [0.2, 0.25) is 0 Å². The number of esters is 1. The maximum atomic E-state index is 11.7. The van der Waals surface area contributed by atoms with E-state index in [1.165, 1.54) is 17.7 Å². The molecule has 0 unspecified atom stereocenters. The van der Waals surface area contributed by atoms with Crippen LogP contribution in [0.3, 0.4) is 0 Å². The standard InChI is InChI=1S/C17H16O5/c1-2-12-7-9-13(10-8-12)21-11-16(18)22-15-6-4-3-5-14(15)17(19)20/h3-10H,2,11H2,1H3,(H,19,20). The van der Waals surface area contributed by atoms with Gasteiger partial charge in [-0.3, -0.25) is 0 Å². The Morgan fingerprint density at radius 1 is 1.05 bits per heavy atom. The largest absolute Gasteiger partial charge is 0.482 e. The highest BCUT2D eigenvalue weighted by atomic mass is 16.6. The molecule has 0 amide bonds. The Kier molecular flexibility index (Phi) is 5.14. The molecule has 0 aromatic heterocycles. The van der Waals surface area contributed by atoms with Gasteiger partial charge >= 0.3 is 11.9 Å². The van der Waals surface area contributed by atoms with Gasteiger partial charge in [-0.2, -0.15) is 0 Å². The summed E-state index contributed by atoms with van der Waals surface area (Å²) in [5.74, 6) is -1.25. The number of benzene rings is 2. The number of carbonyl (C=O) groups is 2. The SMILES string of the molecule is CCc1ccc(OCC(=O)Oc2ccccc2C(=O)O)cc1. The molecule has 0 radical (unpaired) electrons. The van der Waals surface area contributed by atoms with E-state index in [-0.39, 0.29) is 17.9 Å². The Bertz CT molecular complexity index is 661. The molecule has 2 aromatic rings. The Morgan fingerprint density at radius 3 is 2.36 bits per heavy atom. The van der Waals surface area contributed by atoms with Crippen molar-refractivity contribution in [1.29, 1.82) is 0 Å². The minimum Gasteiger partial charge on any atom is -0.482 e. The van der Waals surface area contributed by atoms with Crippen LogP contribution < -0.4 is 9.47 Å². The highest BCUT2D eigenvalue weighted by Gasteiger charge is 2.14. The summed E-state index contributed by atoms with van der Waals surface area (Å²) in [6, 6.07) is 13.3. The van der Waals surface area contributed by atoms with Crippen molar-refractivity contribution in [3.63, 3.8) is 0 Å². The summed E-state index contributed by atoms with van der Waals surface area (Å²) >= 11 is 0. The molecule has 5 heteroatoms. The molecular weight excluding hydrogens is 284 g/mol. The molecule has 0 bridgehead atoms. The van der Waals surface area contributed by atoms with Gasteiger partial charge in [0.15, 0.2) is 6.61 Å². The number of hydrogen-bond acceptors (Lipinski definition) is 4. The molecule has 0 spiro atoms. The van der Waals surface area contributed by atoms with E-state index in [1.54, 1.807) is 24.3 Å². The van der Waals surface area contributed by atoms with Crippen LogP contribution in [0.4, 0.5) is 0 Å². The summed E-state index contributed by atoms with van der Waals surface area (Å²) in [5, 5.41) is 9.01. The van der Waals surface area contributed by atoms with Gasteiger partial charge < -0.3 is 14.6 Å². The number of carboxylic acids is 1. The van der Waals surface area contributed by atoms with Crippen molar-refractivity contribution in [2.75, 3.05) is 6.61 Å². The Labute approximate surface area is 128 Å². The molecule has 0 aliphatic heterocycles. The molecule has 2 rings (SSSR count). The third-order valence-electron chi connectivity index (χ3n) is 3.03. The summed E-state index contributed by atoms with van der Waals surface area (Å²) < 4.78 is 10.3. The first-order valence-corrected chi connectivity index (χ1v) is 6.85. The fraction of sp³-hybridized carbons (Fsp3) is 0.176. The Hall–Kier alpha value is -2.82. The Morgan fingerprint density at radius 2 is 1.73 bits per heavy atom. The second-order valence-electron chi connectivity index (χ2n) is 4.56. The van der Waals surface area contributed by atoms with Crippen molar-refractivity contribution in [2.45, 2.75) is 13.3 Å². The Balaban J connectivity index is 1.94. The first-order valence-electron chi connectivity index (χ1n) is 6.85. The highest BCUT2D eigenvalue weighted by molar-refractivity contribution is 5.92. The number of hydrogen-bond donors (Lipinski definition) is 1. The quantitative estimate of drug-likeness (QED) is 0.656. The lowest BCUT2D eigenvalue weighted by atomic mass is 10.2. The van der Waals surface area contributed by atoms with Crippen molar-refractivity contribution in [2.24, 2.45) is 0 Å². The highest BCUT2D eigenvalue weighted by Crippen LogP contribution is 2.18. The maximum Gasteiger partial charge on any atom is 0.349 e. The van der Waals surface area contributed by atoms with Gasteiger partial charge in [0.25, 0.3) is 0 Å². The third-order valence-corrected chi connectivity index (χ3v) is 3.03. The number of aryl methyl sites for hydroxylation is 1. The summed E-state index contributed by atoms with van der Waals surface area (Å²) in [6.07, 6.45) is 0.925. The van der Waals surface area contributed by atoms with Gasteiger partial charge in [0.05, 0.1) is 0 Å². The number of para-hydroxylation sites is 1. The molecule has 1 N–H and O–H groups in total. The zero-order chi connectivity index (χ0) is 15.9. The second-order valence-corrected chi connectivity index (χ2v) is 4.56. The number of carbonyl (C=O) groups excluding carboxylic acids is 1. The van der Waals surface area contributed by atoms with Crippen LogP contribution in [0.5, 0.6) is 11.5 Å². The fourth-order valence-corrected chi connectivity index (χ4v) is 1.85. The van der Waals surface area contributed by atoms with Crippen LogP contribution >= 0.6 is 0 Å². The summed E-state index contributed by atoms with van der Waals surface area (Å²) in [4.78, 5) is 22.8. The molecule has 0 atom stereocenters. The van der Waals surface area contributed by atoms with Crippen LogP contribution in [0.1, 0.15) is 22.8 Å². The van der Waals surface area contributed by atoms with Gasteiger partial charge in [-0.15, -0.1) is 0 Å². The molecule has 2 aromatic carbocycles. The predicted molar refractivity (Wildman–Crippen MR) is 80.4 cm³/mol. The van der Waals surface area contributed by atoms with E-state index in [4.69, 9.17) is 14.6 Å². The van der Waals surface area contributed by atoms with Crippen molar-refractivity contribution in [3.05, 3.63) is 59.7 Å². The van der Waals surface area contributed by atoms with Gasteiger partial charge in [0.1, 0.15) is 17.1 Å². The van der Waals surface area contributed by atoms with Crippen LogP contribution in [-0.2, 0) is 11.2 Å². The minimum absolute atomic E-state index is 0.00457. The van der Waals surface area contributed by atoms with Gasteiger partial charge in [-0.25, -0.2) is 9.59 Å². The molecule has 0 aliphatic rings. The average Bonchev–Trinajstić information content (AvgIpc) is 2.53. The van der Waals surface area contributed by atoms with Crippen molar-refractivity contribution < 1.29 is 24.2 Å². The molecule has 114 valence electrons. The van der Waals surface area contributed by atoms with Crippen molar-refractivity contribution >= 4 is 11.9 Å².